The second-order valence-electron chi connectivity index (χ2n) is 4.80. The summed E-state index contributed by atoms with van der Waals surface area (Å²) in [5.74, 6) is 1.36. The smallest absolute Gasteiger partial charge is 0.258 e. The van der Waals surface area contributed by atoms with Crippen LogP contribution in [0, 0.1) is 6.92 Å². The molecule has 0 radical (unpaired) electrons. The van der Waals surface area contributed by atoms with Gasteiger partial charge in [-0.25, -0.2) is 0 Å². The number of methoxy groups -OCH3 is 1. The third-order valence-electron chi connectivity index (χ3n) is 3.58. The van der Waals surface area contributed by atoms with E-state index in [1.807, 2.05) is 25.1 Å². The van der Waals surface area contributed by atoms with Gasteiger partial charge in [-0.05, 0) is 25.1 Å². The van der Waals surface area contributed by atoms with Gasteiger partial charge in [0.05, 0.1) is 25.9 Å². The molecular weight excluding hydrogens is 258 g/mol. The SMILES string of the molecule is COc1ccc2oc(C)c(C(=O)N3CCOCC3)c2c1. The molecule has 0 atom stereocenters. The molecule has 3 rings (SSSR count). The van der Waals surface area contributed by atoms with Crippen molar-refractivity contribution in [3.8, 4) is 5.75 Å². The lowest BCUT2D eigenvalue weighted by Gasteiger charge is -2.26. The van der Waals surface area contributed by atoms with Crippen LogP contribution >= 0.6 is 0 Å². The second-order valence-corrected chi connectivity index (χ2v) is 4.80. The summed E-state index contributed by atoms with van der Waals surface area (Å²) in [4.78, 5) is 14.5. The highest BCUT2D eigenvalue weighted by molar-refractivity contribution is 6.07. The number of hydrogen-bond acceptors (Lipinski definition) is 4. The van der Waals surface area contributed by atoms with E-state index in [4.69, 9.17) is 13.9 Å². The molecule has 0 aliphatic carbocycles. The molecule has 0 unspecified atom stereocenters. The number of nitrogens with zero attached hydrogens (tertiary/aromatic N) is 1. The minimum absolute atomic E-state index is 0.00203. The van der Waals surface area contributed by atoms with Gasteiger partial charge in [0, 0.05) is 18.5 Å². The first-order valence-electron chi connectivity index (χ1n) is 6.65. The average molecular weight is 275 g/mol. The van der Waals surface area contributed by atoms with Gasteiger partial charge in [-0.3, -0.25) is 4.79 Å². The Labute approximate surface area is 117 Å². The first-order chi connectivity index (χ1) is 9.70. The number of ether oxygens (including phenoxy) is 2. The van der Waals surface area contributed by atoms with Crippen molar-refractivity contribution in [1.29, 1.82) is 0 Å². The van der Waals surface area contributed by atoms with Gasteiger partial charge in [0.15, 0.2) is 0 Å². The Morgan fingerprint density at radius 3 is 2.75 bits per heavy atom. The highest BCUT2D eigenvalue weighted by Gasteiger charge is 2.25. The number of morpholine rings is 1. The lowest BCUT2D eigenvalue weighted by molar-refractivity contribution is 0.0303. The fraction of sp³-hybridized carbons (Fsp3) is 0.400. The van der Waals surface area contributed by atoms with Gasteiger partial charge in [0.1, 0.15) is 17.1 Å². The van der Waals surface area contributed by atoms with Crippen LogP contribution in [0.5, 0.6) is 5.75 Å². The molecule has 2 aromatic rings. The molecule has 0 saturated carbocycles. The molecule has 106 valence electrons. The van der Waals surface area contributed by atoms with E-state index in [0.29, 0.717) is 49.0 Å². The van der Waals surface area contributed by atoms with Crippen LogP contribution in [0.4, 0.5) is 0 Å². The van der Waals surface area contributed by atoms with E-state index in [1.165, 1.54) is 0 Å². The fourth-order valence-electron chi connectivity index (χ4n) is 2.52. The zero-order chi connectivity index (χ0) is 14.1. The van der Waals surface area contributed by atoms with Crippen LogP contribution in [0.25, 0.3) is 11.0 Å². The monoisotopic (exact) mass is 275 g/mol. The molecule has 0 bridgehead atoms. The predicted molar refractivity (Wildman–Crippen MR) is 74.2 cm³/mol. The third-order valence-corrected chi connectivity index (χ3v) is 3.58. The zero-order valence-corrected chi connectivity index (χ0v) is 11.6. The number of amides is 1. The van der Waals surface area contributed by atoms with Crippen LogP contribution in [0.1, 0.15) is 16.1 Å². The fourth-order valence-corrected chi connectivity index (χ4v) is 2.52. The Morgan fingerprint density at radius 1 is 1.30 bits per heavy atom. The van der Waals surface area contributed by atoms with Crippen LogP contribution in [0.15, 0.2) is 22.6 Å². The molecule has 1 aliphatic rings. The molecule has 1 fully saturated rings. The summed E-state index contributed by atoms with van der Waals surface area (Å²) < 4.78 is 16.2. The number of carbonyl (C=O) groups excluding carboxylic acids is 1. The molecular formula is C15H17NO4. The van der Waals surface area contributed by atoms with Crippen molar-refractivity contribution < 1.29 is 18.7 Å². The van der Waals surface area contributed by atoms with Crippen LogP contribution in [-0.2, 0) is 4.74 Å². The number of hydrogen-bond donors (Lipinski definition) is 0. The van der Waals surface area contributed by atoms with Crippen LogP contribution in [0.2, 0.25) is 0 Å². The highest BCUT2D eigenvalue weighted by Crippen LogP contribution is 2.30. The molecule has 0 N–H and O–H groups in total. The molecule has 2 heterocycles. The Balaban J connectivity index is 2.04. The minimum Gasteiger partial charge on any atom is -0.497 e. The van der Waals surface area contributed by atoms with Crippen molar-refractivity contribution in [3.63, 3.8) is 0 Å². The first-order valence-corrected chi connectivity index (χ1v) is 6.65. The summed E-state index contributed by atoms with van der Waals surface area (Å²) in [6, 6.07) is 5.50. The molecule has 5 heteroatoms. The van der Waals surface area contributed by atoms with E-state index >= 15 is 0 Å². The summed E-state index contributed by atoms with van der Waals surface area (Å²) >= 11 is 0. The van der Waals surface area contributed by atoms with E-state index < -0.39 is 0 Å². The summed E-state index contributed by atoms with van der Waals surface area (Å²) in [6.07, 6.45) is 0. The van der Waals surface area contributed by atoms with Crippen molar-refractivity contribution >= 4 is 16.9 Å². The van der Waals surface area contributed by atoms with E-state index in [2.05, 4.69) is 0 Å². The number of carbonyl (C=O) groups is 1. The van der Waals surface area contributed by atoms with Crippen molar-refractivity contribution in [3.05, 3.63) is 29.5 Å². The van der Waals surface area contributed by atoms with Crippen molar-refractivity contribution in [2.75, 3.05) is 33.4 Å². The maximum atomic E-state index is 12.7. The standard InChI is InChI=1S/C15H17NO4/c1-10-14(15(17)16-5-7-19-8-6-16)12-9-11(18-2)3-4-13(12)20-10/h3-4,9H,5-8H2,1-2H3. The van der Waals surface area contributed by atoms with E-state index in [1.54, 1.807) is 12.0 Å². The van der Waals surface area contributed by atoms with Gasteiger partial charge in [-0.15, -0.1) is 0 Å². The van der Waals surface area contributed by atoms with Gasteiger partial charge in [0.25, 0.3) is 5.91 Å². The third kappa shape index (κ3) is 2.14. The number of rotatable bonds is 2. The molecule has 1 amide bonds. The number of furan rings is 1. The van der Waals surface area contributed by atoms with E-state index in [9.17, 15) is 4.79 Å². The van der Waals surface area contributed by atoms with Gasteiger partial charge < -0.3 is 18.8 Å². The minimum atomic E-state index is -0.00203. The Bertz CT molecular complexity index is 641. The zero-order valence-electron chi connectivity index (χ0n) is 11.6. The maximum Gasteiger partial charge on any atom is 0.258 e. The van der Waals surface area contributed by atoms with Gasteiger partial charge in [-0.2, -0.15) is 0 Å². The maximum absolute atomic E-state index is 12.7. The summed E-state index contributed by atoms with van der Waals surface area (Å²) in [5.41, 5.74) is 1.33. The lowest BCUT2D eigenvalue weighted by atomic mass is 10.1. The molecule has 1 aromatic carbocycles. The Hall–Kier alpha value is -2.01. The number of benzene rings is 1. The van der Waals surface area contributed by atoms with Gasteiger partial charge in [-0.1, -0.05) is 0 Å². The molecule has 1 saturated heterocycles. The first kappa shape index (κ1) is 13.0. The number of aryl methyl sites for hydroxylation is 1. The summed E-state index contributed by atoms with van der Waals surface area (Å²) in [7, 11) is 1.61. The number of fused-ring (bicyclic) bond motifs is 1. The molecule has 1 aromatic heterocycles. The van der Waals surface area contributed by atoms with E-state index in [-0.39, 0.29) is 5.91 Å². The Morgan fingerprint density at radius 2 is 2.05 bits per heavy atom. The molecule has 20 heavy (non-hydrogen) atoms. The normalized spacial score (nSPS) is 15.6. The Kier molecular flexibility index (Phi) is 3.36. The summed E-state index contributed by atoms with van der Waals surface area (Å²) in [6.45, 7) is 4.23. The second kappa shape index (κ2) is 5.17. The molecule has 0 spiro atoms. The van der Waals surface area contributed by atoms with Crippen molar-refractivity contribution in [2.45, 2.75) is 6.92 Å². The van der Waals surface area contributed by atoms with E-state index in [0.717, 1.165) is 5.39 Å². The molecule has 5 nitrogen and oxygen atoms in total. The van der Waals surface area contributed by atoms with Crippen molar-refractivity contribution in [1.82, 2.24) is 4.90 Å². The quantitative estimate of drug-likeness (QED) is 0.843. The van der Waals surface area contributed by atoms with Crippen molar-refractivity contribution in [2.24, 2.45) is 0 Å². The molecule has 1 aliphatic heterocycles. The van der Waals surface area contributed by atoms with Crippen LogP contribution in [-0.4, -0.2) is 44.2 Å². The largest absolute Gasteiger partial charge is 0.497 e. The summed E-state index contributed by atoms with van der Waals surface area (Å²) in [5, 5.41) is 0.804. The lowest BCUT2D eigenvalue weighted by Crippen LogP contribution is -2.40. The average Bonchev–Trinajstić information content (AvgIpc) is 2.82. The topological polar surface area (TPSA) is 51.9 Å². The van der Waals surface area contributed by atoms with Gasteiger partial charge in [0.2, 0.25) is 0 Å². The van der Waals surface area contributed by atoms with Crippen LogP contribution in [0.3, 0.4) is 0 Å². The predicted octanol–water partition coefficient (Wildman–Crippen LogP) is 2.22. The van der Waals surface area contributed by atoms with Crippen LogP contribution < -0.4 is 4.74 Å². The van der Waals surface area contributed by atoms with Gasteiger partial charge >= 0.3 is 0 Å². The highest BCUT2D eigenvalue weighted by atomic mass is 16.5.